The van der Waals surface area contributed by atoms with Crippen LogP contribution in [0, 0.1) is 0 Å². The zero-order chi connectivity index (χ0) is 44.0. The summed E-state index contributed by atoms with van der Waals surface area (Å²) in [5.41, 5.74) is 2.13. The molecule has 5 saturated heterocycles. The van der Waals surface area contributed by atoms with Gasteiger partial charge in [-0.2, -0.15) is 14.9 Å². The summed E-state index contributed by atoms with van der Waals surface area (Å²) >= 11 is 20.3. The number of ether oxygens (including phenoxy) is 3. The van der Waals surface area contributed by atoms with Gasteiger partial charge in [-0.15, -0.1) is 22.7 Å². The van der Waals surface area contributed by atoms with Crippen molar-refractivity contribution in [1.82, 2.24) is 44.9 Å². The van der Waals surface area contributed by atoms with Crippen LogP contribution in [0.5, 0.6) is 0 Å². The van der Waals surface area contributed by atoms with Gasteiger partial charge in [0.25, 0.3) is 0 Å². The largest absolute Gasteiger partial charge is 0.378 e. The number of hydrogen-bond donors (Lipinski definition) is 4. The molecule has 0 aliphatic carbocycles. The molecule has 5 aliphatic rings. The first kappa shape index (κ1) is 47.3. The van der Waals surface area contributed by atoms with E-state index in [0.29, 0.717) is 110 Å². The van der Waals surface area contributed by atoms with Crippen LogP contribution in [0.1, 0.15) is 58.7 Å². The number of anilines is 2. The molecule has 9 heterocycles. The Bertz CT molecular complexity index is 2050. The molecule has 0 aromatic carbocycles. The molecular weight excluding hydrogens is 913 g/mol. The predicted molar refractivity (Wildman–Crippen MR) is 247 cm³/mol. The van der Waals surface area contributed by atoms with Crippen LogP contribution in [-0.2, 0) is 27.3 Å². The lowest BCUT2D eigenvalue weighted by Crippen LogP contribution is -2.50. The van der Waals surface area contributed by atoms with E-state index in [4.69, 9.17) is 54.1 Å². The first-order chi connectivity index (χ1) is 30.7. The second kappa shape index (κ2) is 24.0. The minimum absolute atomic E-state index is 0.0942. The molecule has 0 saturated carbocycles. The highest BCUT2D eigenvalue weighted by Gasteiger charge is 2.31. The second-order valence-electron chi connectivity index (χ2n) is 15.6. The Hall–Kier alpha value is -3.66. The summed E-state index contributed by atoms with van der Waals surface area (Å²) in [7, 11) is 0. The van der Waals surface area contributed by atoms with Crippen molar-refractivity contribution in [2.45, 2.75) is 50.6 Å². The van der Waals surface area contributed by atoms with Gasteiger partial charge >= 0.3 is 17.4 Å². The normalized spacial score (nSPS) is 18.8. The SMILES string of the molecule is Clc1ccc(CNc2cc(C3CCNCC3)[nH]n2)s1.O=C(Cl)N1CCOCC1.O=C(N1CCOCC1)N1CCC(c2cc(NCc3ccc(Cl)s3)n(C(=O)N3CCOCC3)n2)CC1. The highest BCUT2D eigenvalue weighted by molar-refractivity contribution is 7.16. The van der Waals surface area contributed by atoms with Crippen LogP contribution in [0.15, 0.2) is 36.4 Å². The Kier molecular flexibility index (Phi) is 18.0. The number of thiophene rings is 2. The zero-order valence-electron chi connectivity index (χ0n) is 35.2. The number of rotatable bonds is 8. The summed E-state index contributed by atoms with van der Waals surface area (Å²) in [6.07, 6.45) is 4.00. The van der Waals surface area contributed by atoms with Gasteiger partial charge < -0.3 is 49.8 Å². The van der Waals surface area contributed by atoms with Gasteiger partial charge in [-0.1, -0.05) is 23.2 Å². The molecule has 17 nitrogen and oxygen atoms in total. The number of urea groups is 1. The highest BCUT2D eigenvalue weighted by Crippen LogP contribution is 2.31. The number of aromatic amines is 1. The van der Waals surface area contributed by atoms with Gasteiger partial charge in [0.15, 0.2) is 0 Å². The summed E-state index contributed by atoms with van der Waals surface area (Å²) in [6.45, 7) is 12.0. The Morgan fingerprint density at radius 3 is 1.71 bits per heavy atom. The van der Waals surface area contributed by atoms with Gasteiger partial charge in [0, 0.05) is 91.8 Å². The van der Waals surface area contributed by atoms with E-state index < -0.39 is 0 Å². The molecule has 0 bridgehead atoms. The molecule has 5 aliphatic heterocycles. The van der Waals surface area contributed by atoms with Crippen LogP contribution in [0.3, 0.4) is 0 Å². The third kappa shape index (κ3) is 13.9. The Morgan fingerprint density at radius 1 is 0.667 bits per heavy atom. The summed E-state index contributed by atoms with van der Waals surface area (Å²) in [5.74, 6) is 2.39. The number of nitrogens with zero attached hydrogens (tertiary/aromatic N) is 7. The van der Waals surface area contributed by atoms with Crippen molar-refractivity contribution in [3.05, 3.63) is 66.2 Å². The van der Waals surface area contributed by atoms with Crippen molar-refractivity contribution >= 4 is 86.5 Å². The Morgan fingerprint density at radius 2 is 1.19 bits per heavy atom. The molecule has 5 fully saturated rings. The summed E-state index contributed by atoms with van der Waals surface area (Å²) in [4.78, 5) is 46.0. The maximum atomic E-state index is 13.3. The topological polar surface area (TPSA) is 174 Å². The molecule has 63 heavy (non-hydrogen) atoms. The molecule has 22 heteroatoms. The lowest BCUT2D eigenvalue weighted by Gasteiger charge is -2.36. The minimum Gasteiger partial charge on any atom is -0.378 e. The smallest absolute Gasteiger partial charge is 0.346 e. The molecule has 9 rings (SSSR count). The average Bonchev–Trinajstić information content (AvgIpc) is 4.17. The highest BCUT2D eigenvalue weighted by atomic mass is 35.5. The zero-order valence-corrected chi connectivity index (χ0v) is 39.1. The van der Waals surface area contributed by atoms with Crippen molar-refractivity contribution < 1.29 is 28.6 Å². The number of likely N-dealkylation sites (tertiary alicyclic amines) is 1. The number of nitrogens with one attached hydrogen (secondary N) is 4. The van der Waals surface area contributed by atoms with Crippen molar-refractivity contribution in [3.63, 3.8) is 0 Å². The number of H-pyrrole nitrogens is 1. The van der Waals surface area contributed by atoms with Crippen molar-refractivity contribution in [2.24, 2.45) is 0 Å². The van der Waals surface area contributed by atoms with Gasteiger partial charge in [0.2, 0.25) is 0 Å². The maximum Gasteiger partial charge on any atom is 0.346 e. The van der Waals surface area contributed by atoms with E-state index in [2.05, 4.69) is 32.2 Å². The van der Waals surface area contributed by atoms with E-state index >= 15 is 0 Å². The fraction of sp³-hybridized carbons (Fsp3) is 0.585. The summed E-state index contributed by atoms with van der Waals surface area (Å²) in [5, 5.41) is 22.0. The van der Waals surface area contributed by atoms with Crippen molar-refractivity contribution in [3.8, 4) is 0 Å². The molecule has 4 aromatic rings. The number of aromatic nitrogens is 4. The number of piperidine rings is 2. The van der Waals surface area contributed by atoms with E-state index in [-0.39, 0.29) is 23.3 Å². The Balaban J connectivity index is 0.000000176. The van der Waals surface area contributed by atoms with Crippen LogP contribution >= 0.6 is 57.5 Å². The van der Waals surface area contributed by atoms with Crippen molar-refractivity contribution in [2.75, 3.05) is 116 Å². The van der Waals surface area contributed by atoms with E-state index in [9.17, 15) is 14.4 Å². The number of hydrogen-bond acceptors (Lipinski definition) is 13. The van der Waals surface area contributed by atoms with Gasteiger partial charge in [-0.25, -0.2) is 9.59 Å². The van der Waals surface area contributed by atoms with Gasteiger partial charge in [-0.05, 0) is 74.6 Å². The van der Waals surface area contributed by atoms with Crippen LogP contribution in [0.25, 0.3) is 0 Å². The molecule has 0 unspecified atom stereocenters. The fourth-order valence-corrected chi connectivity index (χ4v) is 10.1. The quantitative estimate of drug-likeness (QED) is 0.106. The second-order valence-corrected chi connectivity index (χ2v) is 19.5. The molecule has 0 spiro atoms. The van der Waals surface area contributed by atoms with Gasteiger partial charge in [-0.3, -0.25) is 9.89 Å². The van der Waals surface area contributed by atoms with Crippen LogP contribution < -0.4 is 16.0 Å². The third-order valence-corrected chi connectivity index (χ3v) is 14.1. The van der Waals surface area contributed by atoms with Gasteiger partial charge in [0.1, 0.15) is 11.6 Å². The molecule has 344 valence electrons. The fourth-order valence-electron chi connectivity index (χ4n) is 7.84. The molecule has 0 atom stereocenters. The molecule has 4 amide bonds. The van der Waals surface area contributed by atoms with E-state index in [1.165, 1.54) is 39.4 Å². The number of amides is 4. The predicted octanol–water partition coefficient (Wildman–Crippen LogP) is 7.02. The average molecular weight is 969 g/mol. The Labute approximate surface area is 390 Å². The lowest BCUT2D eigenvalue weighted by molar-refractivity contribution is 0.0411. The first-order valence-corrected chi connectivity index (χ1v) is 24.3. The first-order valence-electron chi connectivity index (χ1n) is 21.5. The van der Waals surface area contributed by atoms with E-state index in [1.54, 1.807) is 21.1 Å². The van der Waals surface area contributed by atoms with Crippen LogP contribution in [0.2, 0.25) is 8.67 Å². The maximum absolute atomic E-state index is 13.3. The van der Waals surface area contributed by atoms with Gasteiger partial charge in [0.05, 0.1) is 67.1 Å². The third-order valence-electron chi connectivity index (χ3n) is 11.4. The summed E-state index contributed by atoms with van der Waals surface area (Å²) < 4.78 is 18.8. The molecule has 4 aromatic heterocycles. The lowest BCUT2D eigenvalue weighted by atomic mass is 9.94. The van der Waals surface area contributed by atoms with E-state index in [1.807, 2.05) is 40.1 Å². The minimum atomic E-state index is -0.377. The summed E-state index contributed by atoms with van der Waals surface area (Å²) in [6, 6.07) is 11.9. The number of morpholine rings is 3. The van der Waals surface area contributed by atoms with Crippen LogP contribution in [0.4, 0.5) is 26.0 Å². The molecule has 4 N–H and O–H groups in total. The molecular formula is C41H56Cl3N11O6S2. The number of carbonyl (C=O) groups is 3. The van der Waals surface area contributed by atoms with Crippen molar-refractivity contribution in [1.29, 1.82) is 0 Å². The number of carbonyl (C=O) groups excluding carboxylic acids is 3. The standard InChI is InChI=1S/C23H31ClN6O4S.C13H17ClN4S.C5H8ClNO2/c24-20-2-1-18(35-20)16-25-21-15-19(26-30(21)23(32)29-9-13-34-14-10-29)17-3-5-27(6-4-17)22(31)28-7-11-33-12-8-28;14-12-2-1-10(19-12)8-16-13-7-11(17-18-13)9-3-5-15-6-4-9;6-5(8)7-1-3-9-4-2-7/h1-2,15,17,25H,3-14,16H2;1-2,7,9,15H,3-6,8H2,(H2,16,17,18);1-4H2. The van der Waals surface area contributed by atoms with Crippen LogP contribution in [-0.4, -0.2) is 162 Å². The molecule has 0 radical (unpaired) electrons. The number of halogens is 3. The van der Waals surface area contributed by atoms with E-state index in [0.717, 1.165) is 57.5 Å². The monoisotopic (exact) mass is 967 g/mol.